The summed E-state index contributed by atoms with van der Waals surface area (Å²) in [7, 11) is 1.55. The van der Waals surface area contributed by atoms with Gasteiger partial charge < -0.3 is 14.5 Å². The third-order valence-electron chi connectivity index (χ3n) is 4.44. The Kier molecular flexibility index (Phi) is 5.53. The van der Waals surface area contributed by atoms with Crippen molar-refractivity contribution in [2.24, 2.45) is 0 Å². The molecule has 1 fully saturated rings. The molecule has 1 aliphatic rings. The third-order valence-corrected chi connectivity index (χ3v) is 5.20. The number of rotatable bonds is 3. The van der Waals surface area contributed by atoms with Gasteiger partial charge in [0.15, 0.2) is 0 Å². The predicted octanol–water partition coefficient (Wildman–Crippen LogP) is 3.99. The summed E-state index contributed by atoms with van der Waals surface area (Å²) < 4.78 is 6.25. The van der Waals surface area contributed by atoms with Crippen LogP contribution >= 0.6 is 27.5 Å². The summed E-state index contributed by atoms with van der Waals surface area (Å²) >= 11 is 9.44. The minimum atomic E-state index is -0.580. The third kappa shape index (κ3) is 3.57. The van der Waals surface area contributed by atoms with Crippen molar-refractivity contribution in [3.05, 3.63) is 57.5 Å². The lowest BCUT2D eigenvalue weighted by Crippen LogP contribution is -2.57. The highest BCUT2D eigenvalue weighted by molar-refractivity contribution is 9.10. The van der Waals surface area contributed by atoms with Gasteiger partial charge >= 0.3 is 0 Å². The van der Waals surface area contributed by atoms with Crippen molar-refractivity contribution in [2.45, 2.75) is 13.0 Å². The van der Waals surface area contributed by atoms with Crippen LogP contribution in [0, 0.1) is 0 Å². The highest BCUT2D eigenvalue weighted by atomic mass is 79.9. The number of halogens is 2. The molecule has 0 bridgehead atoms. The van der Waals surface area contributed by atoms with Gasteiger partial charge in [0.05, 0.1) is 12.8 Å². The largest absolute Gasteiger partial charge is 0.495 e. The van der Waals surface area contributed by atoms with Gasteiger partial charge in [-0.2, -0.15) is 0 Å². The molecular formula is C19H18BrClN2O3. The minimum absolute atomic E-state index is 0.156. The first-order chi connectivity index (χ1) is 12.4. The van der Waals surface area contributed by atoms with Crippen molar-refractivity contribution in [1.82, 2.24) is 4.90 Å². The Bertz CT molecular complexity index is 841. The van der Waals surface area contributed by atoms with Crippen molar-refractivity contribution >= 4 is 45.0 Å². The molecule has 1 saturated heterocycles. The molecule has 1 unspecified atom stereocenters. The van der Waals surface area contributed by atoms with Gasteiger partial charge in [-0.05, 0) is 49.4 Å². The quantitative estimate of drug-likeness (QED) is 0.729. The number of ether oxygens (including phenoxy) is 1. The molecule has 1 heterocycles. The Morgan fingerprint density at radius 1 is 1.19 bits per heavy atom. The molecule has 26 heavy (non-hydrogen) atoms. The monoisotopic (exact) mass is 436 g/mol. The normalized spacial score (nSPS) is 17.4. The molecule has 0 saturated carbocycles. The van der Waals surface area contributed by atoms with Crippen LogP contribution in [0.25, 0.3) is 0 Å². The second-order valence-electron chi connectivity index (χ2n) is 5.99. The van der Waals surface area contributed by atoms with Crippen molar-refractivity contribution in [3.63, 3.8) is 0 Å². The zero-order valence-corrected chi connectivity index (χ0v) is 16.8. The van der Waals surface area contributed by atoms with Gasteiger partial charge in [-0.3, -0.25) is 9.59 Å². The van der Waals surface area contributed by atoms with Gasteiger partial charge in [0, 0.05) is 28.1 Å². The Balaban J connectivity index is 1.84. The summed E-state index contributed by atoms with van der Waals surface area (Å²) in [4.78, 5) is 28.9. The van der Waals surface area contributed by atoms with E-state index in [9.17, 15) is 9.59 Å². The Morgan fingerprint density at radius 3 is 2.54 bits per heavy atom. The first-order valence-electron chi connectivity index (χ1n) is 8.14. The predicted molar refractivity (Wildman–Crippen MR) is 105 cm³/mol. The second-order valence-corrected chi connectivity index (χ2v) is 7.34. The summed E-state index contributed by atoms with van der Waals surface area (Å²) in [6, 6.07) is 11.7. The van der Waals surface area contributed by atoms with Crippen LogP contribution in [-0.4, -0.2) is 43.0 Å². The van der Waals surface area contributed by atoms with Crippen molar-refractivity contribution in [1.29, 1.82) is 0 Å². The fourth-order valence-corrected chi connectivity index (χ4v) is 3.45. The van der Waals surface area contributed by atoms with E-state index in [1.807, 2.05) is 12.1 Å². The summed E-state index contributed by atoms with van der Waals surface area (Å²) in [5.41, 5.74) is 1.18. The standard InChI is InChI=1S/C19H18BrClN2O3/c1-12-18(24)23(16-11-15(21)7-8-17(16)26-2)10-9-22(12)19(25)13-3-5-14(20)6-4-13/h3-8,11-12H,9-10H2,1-2H3. The number of hydrogen-bond donors (Lipinski definition) is 0. The number of amides is 2. The SMILES string of the molecule is COc1ccc(Cl)cc1N1CCN(C(=O)c2ccc(Br)cc2)C(C)C1=O. The second kappa shape index (κ2) is 7.68. The molecule has 0 aromatic heterocycles. The van der Waals surface area contributed by atoms with E-state index in [2.05, 4.69) is 15.9 Å². The van der Waals surface area contributed by atoms with E-state index in [1.54, 1.807) is 54.2 Å². The van der Waals surface area contributed by atoms with Gasteiger partial charge in [0.2, 0.25) is 5.91 Å². The maximum atomic E-state index is 12.9. The van der Waals surface area contributed by atoms with Gasteiger partial charge in [-0.15, -0.1) is 0 Å². The smallest absolute Gasteiger partial charge is 0.254 e. The van der Waals surface area contributed by atoms with Crippen LogP contribution in [0.5, 0.6) is 5.75 Å². The number of carbonyl (C=O) groups is 2. The average Bonchev–Trinajstić information content (AvgIpc) is 2.64. The van der Waals surface area contributed by atoms with Crippen molar-refractivity contribution < 1.29 is 14.3 Å². The molecule has 5 nitrogen and oxygen atoms in total. The first-order valence-corrected chi connectivity index (χ1v) is 9.31. The number of nitrogens with zero attached hydrogens (tertiary/aromatic N) is 2. The zero-order chi connectivity index (χ0) is 18.8. The summed E-state index contributed by atoms with van der Waals surface area (Å²) in [6.45, 7) is 2.54. The van der Waals surface area contributed by atoms with E-state index in [1.165, 1.54) is 0 Å². The van der Waals surface area contributed by atoms with Gasteiger partial charge in [-0.25, -0.2) is 0 Å². The molecule has 0 spiro atoms. The fraction of sp³-hybridized carbons (Fsp3) is 0.263. The maximum Gasteiger partial charge on any atom is 0.254 e. The molecule has 0 N–H and O–H groups in total. The minimum Gasteiger partial charge on any atom is -0.495 e. The van der Waals surface area contributed by atoms with Gasteiger partial charge in [0.25, 0.3) is 5.91 Å². The van der Waals surface area contributed by atoms with Crippen LogP contribution in [0.3, 0.4) is 0 Å². The number of piperazine rings is 1. The Labute approximate surface area is 165 Å². The number of benzene rings is 2. The lowest BCUT2D eigenvalue weighted by molar-refractivity contribution is -0.124. The molecular weight excluding hydrogens is 420 g/mol. The van der Waals surface area contributed by atoms with Gasteiger partial charge in [-0.1, -0.05) is 27.5 Å². The number of anilines is 1. The topological polar surface area (TPSA) is 49.9 Å². The molecule has 0 aliphatic carbocycles. The number of carbonyl (C=O) groups excluding carboxylic acids is 2. The molecule has 2 amide bonds. The zero-order valence-electron chi connectivity index (χ0n) is 14.4. The van der Waals surface area contributed by atoms with Crippen LogP contribution in [-0.2, 0) is 4.79 Å². The number of hydrogen-bond acceptors (Lipinski definition) is 3. The molecule has 2 aromatic carbocycles. The summed E-state index contributed by atoms with van der Waals surface area (Å²) in [6.07, 6.45) is 0. The van der Waals surface area contributed by atoms with Crippen LogP contribution in [0.1, 0.15) is 17.3 Å². The van der Waals surface area contributed by atoms with Crippen LogP contribution in [0.2, 0.25) is 5.02 Å². The van der Waals surface area contributed by atoms with E-state index in [0.717, 1.165) is 4.47 Å². The fourth-order valence-electron chi connectivity index (χ4n) is 3.02. The van der Waals surface area contributed by atoms with E-state index >= 15 is 0 Å². The van der Waals surface area contributed by atoms with E-state index < -0.39 is 6.04 Å². The molecule has 0 radical (unpaired) electrons. The maximum absolute atomic E-state index is 12.9. The van der Waals surface area contributed by atoms with Crippen molar-refractivity contribution in [3.8, 4) is 5.75 Å². The molecule has 1 atom stereocenters. The van der Waals surface area contributed by atoms with Crippen molar-refractivity contribution in [2.75, 3.05) is 25.1 Å². The van der Waals surface area contributed by atoms with E-state index in [0.29, 0.717) is 35.1 Å². The molecule has 2 aromatic rings. The van der Waals surface area contributed by atoms with Crippen LogP contribution in [0.15, 0.2) is 46.9 Å². The van der Waals surface area contributed by atoms with Crippen LogP contribution < -0.4 is 9.64 Å². The molecule has 1 aliphatic heterocycles. The van der Waals surface area contributed by atoms with Gasteiger partial charge in [0.1, 0.15) is 11.8 Å². The summed E-state index contributed by atoms with van der Waals surface area (Å²) in [5.74, 6) is 0.251. The number of methoxy groups -OCH3 is 1. The summed E-state index contributed by atoms with van der Waals surface area (Å²) in [5, 5.41) is 0.523. The molecule has 7 heteroatoms. The molecule has 136 valence electrons. The highest BCUT2D eigenvalue weighted by Crippen LogP contribution is 2.33. The van der Waals surface area contributed by atoms with E-state index in [-0.39, 0.29) is 11.8 Å². The lowest BCUT2D eigenvalue weighted by atomic mass is 10.1. The first kappa shape index (κ1) is 18.7. The highest BCUT2D eigenvalue weighted by Gasteiger charge is 2.36. The molecule has 3 rings (SSSR count). The Morgan fingerprint density at radius 2 is 1.88 bits per heavy atom. The average molecular weight is 438 g/mol. The Hall–Kier alpha value is -2.05. The van der Waals surface area contributed by atoms with E-state index in [4.69, 9.17) is 16.3 Å². The van der Waals surface area contributed by atoms with Crippen LogP contribution in [0.4, 0.5) is 5.69 Å². The lowest BCUT2D eigenvalue weighted by Gasteiger charge is -2.39.